The zero-order valence-electron chi connectivity index (χ0n) is 17.8. The smallest absolute Gasteiger partial charge is 0.325 e. The fourth-order valence-corrected chi connectivity index (χ4v) is 5.13. The molecule has 2 aliphatic rings. The van der Waals surface area contributed by atoms with E-state index in [1.165, 1.54) is 35.9 Å². The summed E-state index contributed by atoms with van der Waals surface area (Å²) >= 11 is 5.86. The van der Waals surface area contributed by atoms with Crippen molar-refractivity contribution in [2.75, 3.05) is 18.0 Å². The Morgan fingerprint density at radius 2 is 2.03 bits per heavy atom. The Balaban J connectivity index is 1.32. The lowest BCUT2D eigenvalue weighted by molar-refractivity contribution is 0.264. The molecule has 0 spiro atoms. The minimum atomic E-state index is -0.625. The van der Waals surface area contributed by atoms with E-state index in [0.29, 0.717) is 23.6 Å². The maximum absolute atomic E-state index is 14.3. The van der Waals surface area contributed by atoms with Crippen LogP contribution >= 0.6 is 11.6 Å². The molecule has 5 rings (SSSR count). The minimum absolute atomic E-state index is 0.00499. The molecule has 2 bridgehead atoms. The number of aryl methyl sites for hydroxylation is 1. The van der Waals surface area contributed by atoms with E-state index in [-0.39, 0.29) is 16.8 Å². The lowest BCUT2D eigenvalue weighted by Crippen LogP contribution is -2.43. The second-order valence-corrected chi connectivity index (χ2v) is 8.89. The van der Waals surface area contributed by atoms with E-state index in [1.807, 2.05) is 13.0 Å². The predicted octanol–water partition coefficient (Wildman–Crippen LogP) is 4.77. The minimum Gasteiger partial charge on any atom is -0.421 e. The molecule has 3 aromatic rings. The van der Waals surface area contributed by atoms with Gasteiger partial charge in [0.05, 0.1) is 5.02 Å². The Bertz CT molecular complexity index is 1140. The van der Waals surface area contributed by atoms with Gasteiger partial charge in [-0.15, -0.1) is 5.10 Å². The van der Waals surface area contributed by atoms with Crippen molar-refractivity contribution in [3.8, 4) is 11.8 Å². The number of hydrogen-bond acceptors (Lipinski definition) is 6. The summed E-state index contributed by atoms with van der Waals surface area (Å²) in [4.78, 5) is 15.6. The van der Waals surface area contributed by atoms with Crippen LogP contribution in [0.2, 0.25) is 5.02 Å². The van der Waals surface area contributed by atoms with Crippen LogP contribution in [0.1, 0.15) is 24.4 Å². The Hall–Kier alpha value is -3.00. The van der Waals surface area contributed by atoms with Crippen molar-refractivity contribution in [1.82, 2.24) is 24.7 Å². The SMILES string of the molecule is C=Cn1nc(CC2C3CCC2CN(c2cc(C)ncn2)C3)nc1Oc1cccc(Cl)c1F. The highest BCUT2D eigenvalue weighted by Gasteiger charge is 2.42. The predicted molar refractivity (Wildman–Crippen MR) is 120 cm³/mol. The van der Waals surface area contributed by atoms with Gasteiger partial charge in [0.2, 0.25) is 0 Å². The van der Waals surface area contributed by atoms with Gasteiger partial charge in [0, 0.05) is 37.5 Å². The Morgan fingerprint density at radius 3 is 2.75 bits per heavy atom. The molecule has 166 valence electrons. The van der Waals surface area contributed by atoms with E-state index < -0.39 is 5.82 Å². The van der Waals surface area contributed by atoms with E-state index in [1.54, 1.807) is 12.4 Å². The third-order valence-corrected chi connectivity index (χ3v) is 6.79. The van der Waals surface area contributed by atoms with Gasteiger partial charge in [0.1, 0.15) is 12.1 Å². The lowest BCUT2D eigenvalue weighted by Gasteiger charge is -2.38. The molecule has 0 N–H and O–H groups in total. The van der Waals surface area contributed by atoms with E-state index in [2.05, 4.69) is 31.5 Å². The van der Waals surface area contributed by atoms with Crippen molar-refractivity contribution in [2.45, 2.75) is 26.2 Å². The summed E-state index contributed by atoms with van der Waals surface area (Å²) in [5, 5.41) is 4.52. The number of piperidine rings is 1. The number of benzene rings is 1. The normalized spacial score (nSPS) is 22.2. The maximum atomic E-state index is 14.3. The lowest BCUT2D eigenvalue weighted by atomic mass is 9.82. The second kappa shape index (κ2) is 8.50. The summed E-state index contributed by atoms with van der Waals surface area (Å²) < 4.78 is 21.4. The molecule has 0 radical (unpaired) electrons. The summed E-state index contributed by atoms with van der Waals surface area (Å²) in [5.74, 6) is 2.65. The van der Waals surface area contributed by atoms with Gasteiger partial charge in [0.15, 0.2) is 17.4 Å². The summed E-state index contributed by atoms with van der Waals surface area (Å²) in [6.07, 6.45) is 6.27. The molecule has 1 aliphatic carbocycles. The third kappa shape index (κ3) is 3.95. The summed E-state index contributed by atoms with van der Waals surface area (Å²) in [7, 11) is 0. The first kappa shape index (κ1) is 20.9. The molecule has 0 amide bonds. The first-order valence-electron chi connectivity index (χ1n) is 10.7. The number of halogens is 2. The number of rotatable bonds is 6. The van der Waals surface area contributed by atoms with Gasteiger partial charge in [-0.25, -0.2) is 14.4 Å². The van der Waals surface area contributed by atoms with Crippen LogP contribution in [0.3, 0.4) is 0 Å². The van der Waals surface area contributed by atoms with Gasteiger partial charge in [-0.3, -0.25) is 0 Å². The largest absolute Gasteiger partial charge is 0.421 e. The van der Waals surface area contributed by atoms with E-state index in [9.17, 15) is 4.39 Å². The Kier molecular flexibility index (Phi) is 5.55. The number of nitrogens with zero attached hydrogens (tertiary/aromatic N) is 6. The van der Waals surface area contributed by atoms with Gasteiger partial charge >= 0.3 is 6.01 Å². The van der Waals surface area contributed by atoms with E-state index >= 15 is 0 Å². The summed E-state index contributed by atoms with van der Waals surface area (Å²) in [5.41, 5.74) is 0.979. The molecular formula is C23H24ClFN6O. The van der Waals surface area contributed by atoms with Gasteiger partial charge in [-0.2, -0.15) is 9.67 Å². The van der Waals surface area contributed by atoms with Crippen LogP contribution in [0, 0.1) is 30.5 Å². The average Bonchev–Trinajstić information content (AvgIpc) is 3.26. The third-order valence-electron chi connectivity index (χ3n) is 6.49. The monoisotopic (exact) mass is 454 g/mol. The van der Waals surface area contributed by atoms with Crippen molar-refractivity contribution >= 4 is 23.6 Å². The molecule has 2 atom stereocenters. The molecule has 1 saturated carbocycles. The second-order valence-electron chi connectivity index (χ2n) is 8.48. The molecule has 1 saturated heterocycles. The standard InChI is InChI=1S/C23H24ClFN6O/c1-3-31-23(32-19-6-4-5-18(24)22(19)25)28-20(29-31)10-17-15-7-8-16(17)12-30(11-15)21-9-14(2)26-13-27-21/h3-6,9,13,15-17H,1,7-8,10-12H2,2H3. The molecule has 2 aromatic heterocycles. The van der Waals surface area contributed by atoms with Gasteiger partial charge < -0.3 is 9.64 Å². The van der Waals surface area contributed by atoms with Gasteiger partial charge in [-0.05, 0) is 49.7 Å². The topological polar surface area (TPSA) is 69.0 Å². The number of anilines is 1. The van der Waals surface area contributed by atoms with Gasteiger partial charge in [-0.1, -0.05) is 24.2 Å². The Labute approximate surface area is 190 Å². The molecule has 32 heavy (non-hydrogen) atoms. The first-order chi connectivity index (χ1) is 15.5. The Morgan fingerprint density at radius 1 is 1.25 bits per heavy atom. The van der Waals surface area contributed by atoms with Crippen molar-refractivity contribution in [3.05, 3.63) is 59.5 Å². The van der Waals surface area contributed by atoms with Crippen molar-refractivity contribution < 1.29 is 9.13 Å². The highest BCUT2D eigenvalue weighted by Crippen LogP contribution is 2.44. The van der Waals surface area contributed by atoms with Crippen LogP contribution in [0.4, 0.5) is 10.2 Å². The summed E-state index contributed by atoms with van der Waals surface area (Å²) in [6.45, 7) is 7.70. The highest BCUT2D eigenvalue weighted by atomic mass is 35.5. The number of ether oxygens (including phenoxy) is 1. The number of fused-ring (bicyclic) bond motifs is 2. The van der Waals surface area contributed by atoms with E-state index in [4.69, 9.17) is 16.3 Å². The van der Waals surface area contributed by atoms with Crippen LogP contribution in [0.15, 0.2) is 37.2 Å². The maximum Gasteiger partial charge on any atom is 0.325 e. The molecule has 3 heterocycles. The number of hydrogen-bond donors (Lipinski definition) is 0. The van der Waals surface area contributed by atoms with Crippen molar-refractivity contribution in [2.24, 2.45) is 17.8 Å². The molecule has 2 unspecified atom stereocenters. The first-order valence-corrected chi connectivity index (χ1v) is 11.1. The molecule has 2 fully saturated rings. The molecule has 7 nitrogen and oxygen atoms in total. The average molecular weight is 455 g/mol. The zero-order chi connectivity index (χ0) is 22.2. The zero-order valence-corrected chi connectivity index (χ0v) is 18.5. The molecular weight excluding hydrogens is 431 g/mol. The molecule has 1 aliphatic heterocycles. The fourth-order valence-electron chi connectivity index (χ4n) is 4.97. The van der Waals surface area contributed by atoms with E-state index in [0.717, 1.165) is 31.0 Å². The van der Waals surface area contributed by atoms with Crippen LogP contribution in [-0.2, 0) is 6.42 Å². The molecule has 9 heteroatoms. The van der Waals surface area contributed by atoms with Crippen LogP contribution in [0.5, 0.6) is 11.8 Å². The number of aromatic nitrogens is 5. The quantitative estimate of drug-likeness (QED) is 0.534. The van der Waals surface area contributed by atoms with Crippen LogP contribution in [-0.4, -0.2) is 37.8 Å². The van der Waals surface area contributed by atoms with Gasteiger partial charge in [0.25, 0.3) is 0 Å². The van der Waals surface area contributed by atoms with Crippen molar-refractivity contribution in [1.29, 1.82) is 0 Å². The fraction of sp³-hybridized carbons (Fsp3) is 0.391. The van der Waals surface area contributed by atoms with Crippen molar-refractivity contribution in [3.63, 3.8) is 0 Å². The van der Waals surface area contributed by atoms with Crippen LogP contribution in [0.25, 0.3) is 6.20 Å². The van der Waals surface area contributed by atoms with Crippen LogP contribution < -0.4 is 9.64 Å². The highest BCUT2D eigenvalue weighted by molar-refractivity contribution is 6.30. The summed E-state index contributed by atoms with van der Waals surface area (Å²) in [6, 6.07) is 6.83. The molecule has 1 aromatic carbocycles.